The summed E-state index contributed by atoms with van der Waals surface area (Å²) in [6.07, 6.45) is 1.23. The highest BCUT2D eigenvalue weighted by Gasteiger charge is 2.21. The zero-order chi connectivity index (χ0) is 12.4. The summed E-state index contributed by atoms with van der Waals surface area (Å²) in [4.78, 5) is 11.5. The lowest BCUT2D eigenvalue weighted by atomic mass is 10.1. The number of ether oxygens (including phenoxy) is 1. The highest BCUT2D eigenvalue weighted by molar-refractivity contribution is 6.31. The lowest BCUT2D eigenvalue weighted by molar-refractivity contribution is 0.0595. The van der Waals surface area contributed by atoms with E-state index in [-0.39, 0.29) is 16.3 Å². The van der Waals surface area contributed by atoms with Crippen molar-refractivity contribution >= 4 is 17.6 Å². The van der Waals surface area contributed by atoms with Crippen LogP contribution in [-0.4, -0.2) is 33.3 Å². The number of nitrogens with zero attached hydrogens (tertiary/aromatic N) is 4. The van der Waals surface area contributed by atoms with Crippen molar-refractivity contribution < 1.29 is 13.9 Å². The van der Waals surface area contributed by atoms with Gasteiger partial charge in [0.2, 0.25) is 0 Å². The van der Waals surface area contributed by atoms with Crippen LogP contribution in [0, 0.1) is 5.82 Å². The number of hydrogen-bond acceptors (Lipinski definition) is 5. The Kier molecular flexibility index (Phi) is 3.01. The minimum absolute atomic E-state index is 0.156. The average Bonchev–Trinajstić information content (AvgIpc) is 2.85. The van der Waals surface area contributed by atoms with Crippen molar-refractivity contribution in [3.05, 3.63) is 34.9 Å². The Bertz CT molecular complexity index is 558. The predicted octanol–water partition coefficient (Wildman–Crippen LogP) is 1.24. The van der Waals surface area contributed by atoms with Crippen molar-refractivity contribution in [1.29, 1.82) is 0 Å². The zero-order valence-electron chi connectivity index (χ0n) is 8.59. The molecule has 2 aromatic rings. The fraction of sp³-hybridized carbons (Fsp3) is 0.111. The number of tetrazole rings is 1. The molecule has 0 unspecified atom stereocenters. The van der Waals surface area contributed by atoms with E-state index in [1.807, 2.05) is 0 Å². The molecule has 8 heteroatoms. The van der Waals surface area contributed by atoms with Crippen LogP contribution in [-0.2, 0) is 4.74 Å². The molecule has 0 aliphatic heterocycles. The first-order valence-corrected chi connectivity index (χ1v) is 4.82. The molecule has 0 aliphatic carbocycles. The fourth-order valence-corrected chi connectivity index (χ4v) is 1.46. The lowest BCUT2D eigenvalue weighted by Crippen LogP contribution is -2.11. The van der Waals surface area contributed by atoms with Crippen molar-refractivity contribution in [2.45, 2.75) is 0 Å². The van der Waals surface area contributed by atoms with E-state index in [1.54, 1.807) is 0 Å². The fourth-order valence-electron chi connectivity index (χ4n) is 1.30. The number of aromatic nitrogens is 4. The van der Waals surface area contributed by atoms with Crippen molar-refractivity contribution in [2.75, 3.05) is 7.11 Å². The van der Waals surface area contributed by atoms with E-state index in [9.17, 15) is 9.18 Å². The number of benzene rings is 1. The first kappa shape index (κ1) is 11.5. The summed E-state index contributed by atoms with van der Waals surface area (Å²) >= 11 is 5.60. The topological polar surface area (TPSA) is 69.9 Å². The molecule has 0 aliphatic rings. The summed E-state index contributed by atoms with van der Waals surface area (Å²) in [7, 11) is 1.14. The molecule has 0 N–H and O–H groups in total. The van der Waals surface area contributed by atoms with Crippen molar-refractivity contribution in [1.82, 2.24) is 20.2 Å². The van der Waals surface area contributed by atoms with E-state index in [1.165, 1.54) is 18.5 Å². The standard InChI is InChI=1S/C9H6ClFN4O2/c1-17-9(16)7-6(15-4-12-13-14-15)3-2-5(10)8(7)11/h2-4H,1H3. The number of esters is 1. The second kappa shape index (κ2) is 4.46. The molecule has 2 rings (SSSR count). The third-order valence-corrected chi connectivity index (χ3v) is 2.35. The van der Waals surface area contributed by atoms with Gasteiger partial charge in [0.15, 0.2) is 5.82 Å². The normalized spacial score (nSPS) is 10.3. The van der Waals surface area contributed by atoms with Crippen LogP contribution in [0.15, 0.2) is 18.5 Å². The van der Waals surface area contributed by atoms with E-state index in [4.69, 9.17) is 11.6 Å². The summed E-state index contributed by atoms with van der Waals surface area (Å²) in [5, 5.41) is 10.2. The number of carbonyl (C=O) groups excluding carboxylic acids is 1. The molecule has 0 atom stereocenters. The summed E-state index contributed by atoms with van der Waals surface area (Å²) in [6.45, 7) is 0. The van der Waals surface area contributed by atoms with Gasteiger partial charge >= 0.3 is 5.97 Å². The van der Waals surface area contributed by atoms with Gasteiger partial charge in [-0.15, -0.1) is 5.10 Å². The molecule has 1 heterocycles. The van der Waals surface area contributed by atoms with Gasteiger partial charge in [0.1, 0.15) is 11.9 Å². The maximum atomic E-state index is 13.8. The second-order valence-electron chi connectivity index (χ2n) is 3.00. The third kappa shape index (κ3) is 1.96. The van der Waals surface area contributed by atoms with Crippen LogP contribution in [0.2, 0.25) is 5.02 Å². The maximum Gasteiger partial charge on any atom is 0.343 e. The largest absolute Gasteiger partial charge is 0.465 e. The lowest BCUT2D eigenvalue weighted by Gasteiger charge is -2.08. The van der Waals surface area contributed by atoms with E-state index < -0.39 is 11.8 Å². The van der Waals surface area contributed by atoms with Crippen LogP contribution < -0.4 is 0 Å². The Hall–Kier alpha value is -2.02. The first-order chi connectivity index (χ1) is 8.15. The number of rotatable bonds is 2. The van der Waals surface area contributed by atoms with Gasteiger partial charge in [-0.2, -0.15) is 4.68 Å². The molecule has 1 aromatic heterocycles. The molecule has 0 radical (unpaired) electrons. The molecular weight excluding hydrogens is 251 g/mol. The van der Waals surface area contributed by atoms with Gasteiger partial charge in [-0.3, -0.25) is 0 Å². The van der Waals surface area contributed by atoms with Crippen LogP contribution in [0.1, 0.15) is 10.4 Å². The van der Waals surface area contributed by atoms with E-state index in [0.29, 0.717) is 0 Å². The smallest absolute Gasteiger partial charge is 0.343 e. The molecule has 0 saturated carbocycles. The summed E-state index contributed by atoms with van der Waals surface area (Å²) in [5.41, 5.74) is -0.156. The SMILES string of the molecule is COC(=O)c1c(-n2cnnn2)ccc(Cl)c1F. The Morgan fingerprint density at radius 3 is 2.88 bits per heavy atom. The molecule has 88 valence electrons. The zero-order valence-corrected chi connectivity index (χ0v) is 9.35. The Morgan fingerprint density at radius 2 is 2.29 bits per heavy atom. The highest BCUT2D eigenvalue weighted by atomic mass is 35.5. The van der Waals surface area contributed by atoms with E-state index in [0.717, 1.165) is 11.8 Å². The van der Waals surface area contributed by atoms with Crippen LogP contribution >= 0.6 is 11.6 Å². The first-order valence-electron chi connectivity index (χ1n) is 4.45. The predicted molar refractivity (Wildman–Crippen MR) is 55.5 cm³/mol. The molecule has 0 spiro atoms. The molecule has 17 heavy (non-hydrogen) atoms. The number of carbonyl (C=O) groups is 1. The van der Waals surface area contributed by atoms with Crippen LogP contribution in [0.4, 0.5) is 4.39 Å². The summed E-state index contributed by atoms with van der Waals surface area (Å²) in [5.74, 6) is -1.72. The quantitative estimate of drug-likeness (QED) is 0.756. The Labute approximate surface area is 99.9 Å². The molecule has 0 fully saturated rings. The minimum atomic E-state index is -0.869. The number of hydrogen-bond donors (Lipinski definition) is 0. The van der Waals surface area contributed by atoms with Gasteiger partial charge in [-0.25, -0.2) is 9.18 Å². The van der Waals surface area contributed by atoms with Crippen molar-refractivity contribution in [3.63, 3.8) is 0 Å². The summed E-state index contributed by atoms with van der Waals surface area (Å²) < 4.78 is 19.4. The Morgan fingerprint density at radius 1 is 1.53 bits per heavy atom. The van der Waals surface area contributed by atoms with Gasteiger partial charge in [0.05, 0.1) is 17.8 Å². The minimum Gasteiger partial charge on any atom is -0.465 e. The van der Waals surface area contributed by atoms with Gasteiger partial charge < -0.3 is 4.74 Å². The molecule has 0 saturated heterocycles. The van der Waals surface area contributed by atoms with Gasteiger partial charge in [-0.05, 0) is 22.6 Å². The molecule has 6 nitrogen and oxygen atoms in total. The Balaban J connectivity index is 2.68. The van der Waals surface area contributed by atoms with Crippen molar-refractivity contribution in [2.24, 2.45) is 0 Å². The van der Waals surface area contributed by atoms with Crippen LogP contribution in [0.5, 0.6) is 0 Å². The average molecular weight is 257 g/mol. The highest BCUT2D eigenvalue weighted by Crippen LogP contribution is 2.24. The molecule has 1 aromatic carbocycles. The van der Waals surface area contributed by atoms with Gasteiger partial charge in [-0.1, -0.05) is 11.6 Å². The summed E-state index contributed by atoms with van der Waals surface area (Å²) in [6, 6.07) is 2.73. The van der Waals surface area contributed by atoms with Crippen molar-refractivity contribution in [3.8, 4) is 5.69 Å². The number of halogens is 2. The number of methoxy groups -OCH3 is 1. The van der Waals surface area contributed by atoms with E-state index in [2.05, 4.69) is 20.3 Å². The molecule has 0 bridgehead atoms. The van der Waals surface area contributed by atoms with Gasteiger partial charge in [0, 0.05) is 0 Å². The van der Waals surface area contributed by atoms with E-state index >= 15 is 0 Å². The monoisotopic (exact) mass is 256 g/mol. The molecule has 0 amide bonds. The van der Waals surface area contributed by atoms with Gasteiger partial charge in [0.25, 0.3) is 0 Å². The second-order valence-corrected chi connectivity index (χ2v) is 3.41. The van der Waals surface area contributed by atoms with Crippen LogP contribution in [0.25, 0.3) is 5.69 Å². The third-order valence-electron chi connectivity index (χ3n) is 2.06. The van der Waals surface area contributed by atoms with Crippen LogP contribution in [0.3, 0.4) is 0 Å². The maximum absolute atomic E-state index is 13.8. The molecular formula is C9H6ClFN4O2.